The summed E-state index contributed by atoms with van der Waals surface area (Å²) in [6, 6.07) is 9.71. The molecule has 5 rings (SSSR count). The molecule has 0 radical (unpaired) electrons. The minimum atomic E-state index is -0.275. The molecule has 0 saturated carbocycles. The number of nitrogens with zero attached hydrogens (tertiary/aromatic N) is 3. The molecule has 2 saturated heterocycles. The Morgan fingerprint density at radius 2 is 1.90 bits per heavy atom. The average molecular weight is 411 g/mol. The topological polar surface area (TPSA) is 89.2 Å². The van der Waals surface area contributed by atoms with Gasteiger partial charge in [-0.2, -0.15) is 0 Å². The van der Waals surface area contributed by atoms with Crippen molar-refractivity contribution in [3.05, 3.63) is 30.3 Å². The van der Waals surface area contributed by atoms with Crippen LogP contribution in [0.4, 0.5) is 5.69 Å². The summed E-state index contributed by atoms with van der Waals surface area (Å²) >= 11 is 0. The first kappa shape index (κ1) is 19.0. The highest BCUT2D eigenvalue weighted by Crippen LogP contribution is 2.41. The largest absolute Gasteiger partial charge is 0.504 e. The van der Waals surface area contributed by atoms with Crippen molar-refractivity contribution in [2.45, 2.75) is 12.5 Å². The van der Waals surface area contributed by atoms with Gasteiger partial charge in [0, 0.05) is 30.9 Å². The molecule has 1 aromatic heterocycles. The third kappa shape index (κ3) is 3.22. The SMILES string of the molecule is COc1cc(-c2nc3cc(N4CCOCC4)ccc3n2C2CCOC2)cc(O)c1O. The van der Waals surface area contributed by atoms with Crippen LogP contribution in [0.5, 0.6) is 17.2 Å². The highest BCUT2D eigenvalue weighted by Gasteiger charge is 2.26. The Morgan fingerprint density at radius 3 is 2.63 bits per heavy atom. The maximum Gasteiger partial charge on any atom is 0.200 e. The zero-order chi connectivity index (χ0) is 20.7. The molecular weight excluding hydrogens is 386 g/mol. The first-order valence-corrected chi connectivity index (χ1v) is 10.2. The highest BCUT2D eigenvalue weighted by atomic mass is 16.5. The van der Waals surface area contributed by atoms with Gasteiger partial charge in [-0.3, -0.25) is 0 Å². The van der Waals surface area contributed by atoms with Gasteiger partial charge in [0.05, 0.1) is 44.0 Å². The first-order chi connectivity index (χ1) is 14.7. The predicted octanol–water partition coefficient (Wildman–Crippen LogP) is 2.92. The van der Waals surface area contributed by atoms with E-state index in [2.05, 4.69) is 27.7 Å². The summed E-state index contributed by atoms with van der Waals surface area (Å²) in [5, 5.41) is 20.2. The Balaban J connectivity index is 1.66. The van der Waals surface area contributed by atoms with Gasteiger partial charge < -0.3 is 33.9 Å². The van der Waals surface area contributed by atoms with E-state index in [0.717, 1.165) is 49.4 Å². The monoisotopic (exact) mass is 411 g/mol. The number of aromatic hydroxyl groups is 2. The van der Waals surface area contributed by atoms with E-state index in [1.165, 1.54) is 13.2 Å². The molecule has 8 heteroatoms. The number of morpholine rings is 1. The van der Waals surface area contributed by atoms with E-state index in [0.29, 0.717) is 24.6 Å². The molecule has 0 amide bonds. The Bertz CT molecular complexity index is 1070. The Hall–Kier alpha value is -2.97. The van der Waals surface area contributed by atoms with Crippen molar-refractivity contribution >= 4 is 16.7 Å². The number of anilines is 1. The quantitative estimate of drug-likeness (QED) is 0.638. The maximum absolute atomic E-state index is 10.2. The number of benzene rings is 2. The fourth-order valence-corrected chi connectivity index (χ4v) is 4.28. The van der Waals surface area contributed by atoms with E-state index >= 15 is 0 Å². The maximum atomic E-state index is 10.2. The van der Waals surface area contributed by atoms with Gasteiger partial charge in [0.15, 0.2) is 11.5 Å². The minimum absolute atomic E-state index is 0.154. The van der Waals surface area contributed by atoms with Crippen molar-refractivity contribution in [3.63, 3.8) is 0 Å². The number of methoxy groups -OCH3 is 1. The van der Waals surface area contributed by atoms with Gasteiger partial charge in [-0.25, -0.2) is 4.98 Å². The average Bonchev–Trinajstić information content (AvgIpc) is 3.43. The van der Waals surface area contributed by atoms with Crippen LogP contribution in [0.1, 0.15) is 12.5 Å². The third-order valence-corrected chi connectivity index (χ3v) is 5.85. The number of phenols is 2. The van der Waals surface area contributed by atoms with Gasteiger partial charge in [-0.05, 0) is 36.8 Å². The molecule has 30 heavy (non-hydrogen) atoms. The van der Waals surface area contributed by atoms with Crippen LogP contribution in [0.3, 0.4) is 0 Å². The van der Waals surface area contributed by atoms with E-state index in [-0.39, 0.29) is 23.3 Å². The fourth-order valence-electron chi connectivity index (χ4n) is 4.28. The molecule has 0 spiro atoms. The van der Waals surface area contributed by atoms with Crippen molar-refractivity contribution in [3.8, 4) is 28.6 Å². The molecule has 158 valence electrons. The van der Waals surface area contributed by atoms with Crippen molar-refractivity contribution in [1.29, 1.82) is 0 Å². The second-order valence-corrected chi connectivity index (χ2v) is 7.64. The van der Waals surface area contributed by atoms with Gasteiger partial charge in [0.25, 0.3) is 0 Å². The van der Waals surface area contributed by atoms with E-state index < -0.39 is 0 Å². The third-order valence-electron chi connectivity index (χ3n) is 5.85. The van der Waals surface area contributed by atoms with Crippen LogP contribution in [0.25, 0.3) is 22.4 Å². The van der Waals surface area contributed by atoms with Crippen molar-refractivity contribution in [1.82, 2.24) is 9.55 Å². The summed E-state index contributed by atoms with van der Waals surface area (Å²) in [7, 11) is 1.46. The molecule has 2 aromatic carbocycles. The molecule has 2 aliphatic rings. The first-order valence-electron chi connectivity index (χ1n) is 10.2. The van der Waals surface area contributed by atoms with Crippen molar-refractivity contribution < 1.29 is 24.4 Å². The molecule has 3 heterocycles. The molecule has 0 aliphatic carbocycles. The summed E-state index contributed by atoms with van der Waals surface area (Å²) in [6.07, 6.45) is 0.894. The van der Waals surface area contributed by atoms with Crippen LogP contribution < -0.4 is 9.64 Å². The Labute approximate surface area is 174 Å². The van der Waals surface area contributed by atoms with Crippen molar-refractivity contribution in [2.24, 2.45) is 0 Å². The standard InChI is InChI=1S/C22H25N3O5/c1-28-20-11-14(10-19(26)21(20)27)22-23-17-12-15(24-5-8-29-9-6-24)2-3-18(17)25(22)16-4-7-30-13-16/h2-3,10-12,16,26-27H,4-9,13H2,1H3. The number of rotatable bonds is 4. The second-order valence-electron chi connectivity index (χ2n) is 7.64. The zero-order valence-corrected chi connectivity index (χ0v) is 16.9. The molecule has 8 nitrogen and oxygen atoms in total. The van der Waals surface area contributed by atoms with Crippen LogP contribution in [-0.2, 0) is 9.47 Å². The van der Waals surface area contributed by atoms with Gasteiger partial charge in [-0.15, -0.1) is 0 Å². The number of phenolic OH excluding ortho intramolecular Hbond substituents is 2. The zero-order valence-electron chi connectivity index (χ0n) is 16.9. The number of imidazole rings is 1. The lowest BCUT2D eigenvalue weighted by Crippen LogP contribution is -2.36. The van der Waals surface area contributed by atoms with Crippen LogP contribution >= 0.6 is 0 Å². The Kier molecular flexibility index (Phi) is 4.88. The summed E-state index contributed by atoms with van der Waals surface area (Å²) in [6.45, 7) is 4.50. The molecule has 1 atom stereocenters. The number of ether oxygens (including phenoxy) is 3. The summed E-state index contributed by atoms with van der Waals surface area (Å²) < 4.78 is 18.5. The number of fused-ring (bicyclic) bond motifs is 1. The van der Waals surface area contributed by atoms with Crippen LogP contribution in [0.2, 0.25) is 0 Å². The van der Waals surface area contributed by atoms with Gasteiger partial charge in [0.2, 0.25) is 5.75 Å². The lowest BCUT2D eigenvalue weighted by molar-refractivity contribution is 0.122. The molecule has 3 aromatic rings. The van der Waals surface area contributed by atoms with E-state index in [4.69, 9.17) is 19.2 Å². The Morgan fingerprint density at radius 1 is 1.07 bits per heavy atom. The van der Waals surface area contributed by atoms with Crippen LogP contribution in [0.15, 0.2) is 30.3 Å². The molecule has 0 bridgehead atoms. The second kappa shape index (κ2) is 7.70. The lowest BCUT2D eigenvalue weighted by atomic mass is 10.1. The minimum Gasteiger partial charge on any atom is -0.504 e. The molecule has 2 fully saturated rings. The smallest absolute Gasteiger partial charge is 0.200 e. The van der Waals surface area contributed by atoms with E-state index in [1.54, 1.807) is 6.07 Å². The van der Waals surface area contributed by atoms with Crippen LogP contribution in [0, 0.1) is 0 Å². The molecule has 1 unspecified atom stereocenters. The van der Waals surface area contributed by atoms with Crippen LogP contribution in [-0.4, -0.2) is 66.4 Å². The predicted molar refractivity (Wildman–Crippen MR) is 113 cm³/mol. The summed E-state index contributed by atoms with van der Waals surface area (Å²) in [5.74, 6) is 0.413. The summed E-state index contributed by atoms with van der Waals surface area (Å²) in [4.78, 5) is 7.23. The van der Waals surface area contributed by atoms with E-state index in [1.807, 2.05) is 0 Å². The molecular formula is C22H25N3O5. The van der Waals surface area contributed by atoms with Gasteiger partial charge in [0.1, 0.15) is 5.82 Å². The normalized spacial score (nSPS) is 19.5. The van der Waals surface area contributed by atoms with Crippen molar-refractivity contribution in [2.75, 3.05) is 51.5 Å². The van der Waals surface area contributed by atoms with Gasteiger partial charge in [-0.1, -0.05) is 0 Å². The molecule has 2 N–H and O–H groups in total. The molecule has 2 aliphatic heterocycles. The number of aromatic nitrogens is 2. The lowest BCUT2D eigenvalue weighted by Gasteiger charge is -2.28. The fraction of sp³-hybridized carbons (Fsp3) is 0.409. The highest BCUT2D eigenvalue weighted by molar-refractivity contribution is 5.85. The summed E-state index contributed by atoms with van der Waals surface area (Å²) in [5.41, 5.74) is 3.70. The van der Waals surface area contributed by atoms with E-state index in [9.17, 15) is 10.2 Å². The number of hydrogen-bond acceptors (Lipinski definition) is 7. The van der Waals surface area contributed by atoms with Gasteiger partial charge >= 0.3 is 0 Å². The number of hydrogen-bond donors (Lipinski definition) is 2.